The lowest BCUT2D eigenvalue weighted by molar-refractivity contribution is -0.134. The van der Waals surface area contributed by atoms with E-state index < -0.39 is 23.9 Å². The molecule has 0 unspecified atom stereocenters. The van der Waals surface area contributed by atoms with Crippen LogP contribution in [0.1, 0.15) is 49.0 Å². The van der Waals surface area contributed by atoms with Gasteiger partial charge in [0.25, 0.3) is 11.8 Å². The molecule has 3 aliphatic heterocycles. The molecule has 232 valence electrons. The number of nitrogens with one attached hydrogen (secondary N) is 2. The molecule has 3 aliphatic rings. The van der Waals surface area contributed by atoms with Gasteiger partial charge >= 0.3 is 0 Å². The second kappa shape index (κ2) is 13.8. The van der Waals surface area contributed by atoms with Crippen LogP contribution in [0.15, 0.2) is 60.7 Å². The second-order valence-electron chi connectivity index (χ2n) is 11.6. The zero-order valence-corrected chi connectivity index (χ0v) is 25.2. The molecule has 0 aliphatic carbocycles. The minimum absolute atomic E-state index is 0.0150. The molecule has 2 N–H and O–H groups in total. The summed E-state index contributed by atoms with van der Waals surface area (Å²) in [6.07, 6.45) is 1.16. The number of hydrogen-bond acceptors (Lipinski definition) is 6. The summed E-state index contributed by atoms with van der Waals surface area (Å²) in [6.45, 7) is 4.86. The number of fused-ring (bicyclic) bond motifs is 7. The fourth-order valence-corrected chi connectivity index (χ4v) is 5.41. The van der Waals surface area contributed by atoms with Crippen LogP contribution in [-0.2, 0) is 16.1 Å². The molecule has 10 heteroatoms. The summed E-state index contributed by atoms with van der Waals surface area (Å²) in [5.74, 6) is 0.289. The summed E-state index contributed by atoms with van der Waals surface area (Å²) in [6, 6.07) is 16.1. The van der Waals surface area contributed by atoms with Crippen LogP contribution in [0.3, 0.4) is 0 Å². The Kier molecular flexibility index (Phi) is 9.67. The fourth-order valence-electron chi connectivity index (χ4n) is 5.41. The lowest BCUT2D eigenvalue weighted by atomic mass is 9.98. The van der Waals surface area contributed by atoms with Crippen molar-refractivity contribution in [2.45, 2.75) is 51.8 Å². The van der Waals surface area contributed by atoms with E-state index in [-0.39, 0.29) is 37.1 Å². The zero-order chi connectivity index (χ0) is 31.2. The van der Waals surface area contributed by atoms with E-state index in [2.05, 4.69) is 24.5 Å². The third-order valence-corrected chi connectivity index (χ3v) is 7.92. The number of amides is 3. The topological polar surface area (TPSA) is 106 Å². The number of rotatable bonds is 4. The Morgan fingerprint density at radius 2 is 1.89 bits per heavy atom. The minimum Gasteiger partial charge on any atom is -0.496 e. The van der Waals surface area contributed by atoms with Crippen LogP contribution in [0.4, 0.5) is 4.39 Å². The number of nitrogens with zero attached hydrogens (tertiary/aromatic N) is 1. The molecule has 0 radical (unpaired) electrons. The summed E-state index contributed by atoms with van der Waals surface area (Å²) >= 11 is 0. The summed E-state index contributed by atoms with van der Waals surface area (Å²) < 4.78 is 32.7. The Morgan fingerprint density at radius 1 is 1.07 bits per heavy atom. The quantitative estimate of drug-likeness (QED) is 0.447. The molecule has 0 spiro atoms. The van der Waals surface area contributed by atoms with Gasteiger partial charge in [0.2, 0.25) is 5.91 Å². The summed E-state index contributed by atoms with van der Waals surface area (Å²) in [4.78, 5) is 41.0. The molecule has 3 amide bonds. The predicted molar refractivity (Wildman–Crippen MR) is 163 cm³/mol. The SMILES string of the molecule is COc1cc2ccc1CNC(=O)COc1cccc(c1)-c1ccc(F)c(c1)C(=O)N[C@@H]1CN(C(=O)CCC(C)C)CC[C@@H]1O2. The zero-order valence-electron chi connectivity index (χ0n) is 25.2. The maximum atomic E-state index is 15.1. The molecule has 3 aromatic rings. The normalized spacial score (nSPS) is 18.8. The van der Waals surface area contributed by atoms with Crippen molar-refractivity contribution in [3.63, 3.8) is 0 Å². The first-order valence-corrected chi connectivity index (χ1v) is 14.9. The molecular formula is C34H38FN3O6. The van der Waals surface area contributed by atoms with Crippen molar-refractivity contribution in [3.8, 4) is 28.4 Å². The molecule has 9 nitrogen and oxygen atoms in total. The average molecular weight is 604 g/mol. The molecule has 6 bridgehead atoms. The Morgan fingerprint density at radius 3 is 2.68 bits per heavy atom. The molecule has 44 heavy (non-hydrogen) atoms. The van der Waals surface area contributed by atoms with E-state index in [0.717, 1.165) is 12.0 Å². The Bertz CT molecular complexity index is 1530. The average Bonchev–Trinajstić information content (AvgIpc) is 3.02. The summed E-state index contributed by atoms with van der Waals surface area (Å²) in [5, 5.41) is 5.82. The maximum absolute atomic E-state index is 15.1. The van der Waals surface area contributed by atoms with Crippen molar-refractivity contribution in [2.75, 3.05) is 26.8 Å². The van der Waals surface area contributed by atoms with Gasteiger partial charge in [-0.05, 0) is 59.9 Å². The molecular weight excluding hydrogens is 565 g/mol. The van der Waals surface area contributed by atoms with Crippen LogP contribution >= 0.6 is 0 Å². The van der Waals surface area contributed by atoms with Crippen LogP contribution in [0.2, 0.25) is 0 Å². The molecule has 3 aromatic carbocycles. The monoisotopic (exact) mass is 603 g/mol. The van der Waals surface area contributed by atoms with Crippen molar-refractivity contribution in [2.24, 2.45) is 5.92 Å². The van der Waals surface area contributed by atoms with Gasteiger partial charge in [-0.15, -0.1) is 0 Å². The molecule has 3 heterocycles. The molecule has 6 rings (SSSR count). The molecule has 1 saturated heterocycles. The molecule has 0 saturated carbocycles. The number of benzene rings is 3. The Hall–Kier alpha value is -4.60. The van der Waals surface area contributed by atoms with Crippen LogP contribution in [-0.4, -0.2) is 61.6 Å². The smallest absolute Gasteiger partial charge is 0.258 e. The van der Waals surface area contributed by atoms with Gasteiger partial charge < -0.3 is 29.7 Å². The molecule has 1 fully saturated rings. The molecule has 0 aromatic heterocycles. The number of hydrogen-bond donors (Lipinski definition) is 2. The van der Waals surface area contributed by atoms with Gasteiger partial charge in [0.1, 0.15) is 29.2 Å². The van der Waals surface area contributed by atoms with Crippen LogP contribution in [0.25, 0.3) is 11.1 Å². The van der Waals surface area contributed by atoms with Crippen molar-refractivity contribution in [1.29, 1.82) is 0 Å². The van der Waals surface area contributed by atoms with Gasteiger partial charge in [-0.2, -0.15) is 0 Å². The van der Waals surface area contributed by atoms with E-state index in [1.807, 2.05) is 6.07 Å². The van der Waals surface area contributed by atoms with E-state index in [0.29, 0.717) is 53.7 Å². The van der Waals surface area contributed by atoms with Gasteiger partial charge in [0, 0.05) is 44.1 Å². The Labute approximate surface area is 256 Å². The first-order chi connectivity index (χ1) is 21.2. The number of ether oxygens (including phenoxy) is 3. The lowest BCUT2D eigenvalue weighted by Crippen LogP contribution is -2.58. The first kappa shape index (κ1) is 30.8. The Balaban J connectivity index is 1.49. The van der Waals surface area contributed by atoms with Crippen molar-refractivity contribution < 1.29 is 33.0 Å². The number of carbonyl (C=O) groups is 3. The van der Waals surface area contributed by atoms with E-state index in [4.69, 9.17) is 14.2 Å². The number of methoxy groups -OCH3 is 1. The van der Waals surface area contributed by atoms with Gasteiger partial charge in [-0.1, -0.05) is 32.0 Å². The first-order valence-electron chi connectivity index (χ1n) is 14.9. The second-order valence-corrected chi connectivity index (χ2v) is 11.6. The van der Waals surface area contributed by atoms with Crippen LogP contribution in [0, 0.1) is 11.7 Å². The predicted octanol–water partition coefficient (Wildman–Crippen LogP) is 4.72. The van der Waals surface area contributed by atoms with Gasteiger partial charge in [0.15, 0.2) is 6.61 Å². The van der Waals surface area contributed by atoms with Gasteiger partial charge in [0.05, 0.1) is 18.7 Å². The van der Waals surface area contributed by atoms with Gasteiger partial charge in [-0.3, -0.25) is 14.4 Å². The van der Waals surface area contributed by atoms with Crippen molar-refractivity contribution >= 4 is 17.7 Å². The third-order valence-electron chi connectivity index (χ3n) is 7.92. The summed E-state index contributed by atoms with van der Waals surface area (Å²) in [7, 11) is 1.53. The van der Waals surface area contributed by atoms with Gasteiger partial charge in [-0.25, -0.2) is 4.39 Å². The van der Waals surface area contributed by atoms with E-state index in [9.17, 15) is 14.4 Å². The maximum Gasteiger partial charge on any atom is 0.258 e. The highest BCUT2D eigenvalue weighted by molar-refractivity contribution is 5.96. The van der Waals surface area contributed by atoms with Crippen LogP contribution in [0.5, 0.6) is 17.2 Å². The minimum atomic E-state index is -0.670. The van der Waals surface area contributed by atoms with E-state index in [1.54, 1.807) is 47.4 Å². The highest BCUT2D eigenvalue weighted by Crippen LogP contribution is 2.29. The van der Waals surface area contributed by atoms with Crippen LogP contribution < -0.4 is 24.8 Å². The van der Waals surface area contributed by atoms with Crippen molar-refractivity contribution in [3.05, 3.63) is 77.6 Å². The number of likely N-dealkylation sites (tertiary alicyclic amines) is 1. The largest absolute Gasteiger partial charge is 0.496 e. The number of halogens is 1. The molecule has 2 atom stereocenters. The number of carbonyl (C=O) groups excluding carboxylic acids is 3. The highest BCUT2D eigenvalue weighted by Gasteiger charge is 2.35. The van der Waals surface area contributed by atoms with E-state index >= 15 is 4.39 Å². The highest BCUT2D eigenvalue weighted by atomic mass is 19.1. The standard InChI is InChI=1S/C34H38FN3O6/c1-21(2)7-12-33(40)38-14-13-30-29(19-38)37-34(41)27-16-23(9-11-28(27)35)22-5-4-6-25(15-22)43-20-32(39)36-18-24-8-10-26(44-30)17-31(24)42-3/h4-6,8-11,15-17,21,29-30H,7,12-14,18-20H2,1-3H3,(H,36,39)(H,37,41)/t29-,30+/m1/s1. The third kappa shape index (κ3) is 7.48. The summed E-state index contributed by atoms with van der Waals surface area (Å²) in [5.41, 5.74) is 1.91. The van der Waals surface area contributed by atoms with Crippen molar-refractivity contribution in [1.82, 2.24) is 15.5 Å². The van der Waals surface area contributed by atoms with E-state index in [1.165, 1.54) is 19.2 Å². The fraction of sp³-hybridized carbons (Fsp3) is 0.382. The number of piperidine rings is 1. The lowest BCUT2D eigenvalue weighted by Gasteiger charge is -2.39.